The minimum absolute atomic E-state index is 0.0671. The van der Waals surface area contributed by atoms with Crippen molar-refractivity contribution in [1.29, 1.82) is 0 Å². The summed E-state index contributed by atoms with van der Waals surface area (Å²) in [6.07, 6.45) is 8.50. The summed E-state index contributed by atoms with van der Waals surface area (Å²) in [5, 5.41) is 8.43. The molecule has 3 N–H and O–H groups in total. The van der Waals surface area contributed by atoms with Gasteiger partial charge in [-0.3, -0.25) is 4.68 Å². The summed E-state index contributed by atoms with van der Waals surface area (Å²) >= 11 is 12.3. The third-order valence-corrected chi connectivity index (χ3v) is 6.89. The second-order valence-corrected chi connectivity index (χ2v) is 9.14. The molecule has 9 heteroatoms. The average molecular weight is 462 g/mol. The van der Waals surface area contributed by atoms with Gasteiger partial charge >= 0.3 is 0 Å². The predicted molar refractivity (Wildman–Crippen MR) is 119 cm³/mol. The largest absolute Gasteiger partial charge is 0.482 e. The maximum Gasteiger partial charge on any atom is 0.166 e. The van der Waals surface area contributed by atoms with Crippen molar-refractivity contribution in [3.05, 3.63) is 58.2 Å². The van der Waals surface area contributed by atoms with Gasteiger partial charge in [-0.05, 0) is 44.4 Å². The molecule has 1 saturated carbocycles. The number of hydrogen-bond acceptors (Lipinski definition) is 5. The van der Waals surface area contributed by atoms with Crippen molar-refractivity contribution in [2.24, 2.45) is 0 Å². The van der Waals surface area contributed by atoms with Crippen LogP contribution in [0.3, 0.4) is 0 Å². The van der Waals surface area contributed by atoms with Crippen molar-refractivity contribution >= 4 is 29.0 Å². The Balaban J connectivity index is 1.38. The van der Waals surface area contributed by atoms with Crippen LogP contribution in [0.2, 0.25) is 10.0 Å². The van der Waals surface area contributed by atoms with E-state index in [1.54, 1.807) is 19.2 Å². The van der Waals surface area contributed by atoms with Gasteiger partial charge < -0.3 is 15.8 Å². The molecular weight excluding hydrogens is 440 g/mol. The first-order valence-electron chi connectivity index (χ1n) is 10.2. The van der Waals surface area contributed by atoms with E-state index < -0.39 is 11.9 Å². The number of anilines is 1. The van der Waals surface area contributed by atoms with E-state index in [2.05, 4.69) is 15.4 Å². The van der Waals surface area contributed by atoms with Crippen molar-refractivity contribution < 1.29 is 9.13 Å². The van der Waals surface area contributed by atoms with Crippen molar-refractivity contribution in [3.63, 3.8) is 0 Å². The van der Waals surface area contributed by atoms with E-state index >= 15 is 0 Å². The molecule has 2 fully saturated rings. The zero-order valence-corrected chi connectivity index (χ0v) is 18.4. The van der Waals surface area contributed by atoms with Gasteiger partial charge in [0, 0.05) is 46.2 Å². The van der Waals surface area contributed by atoms with Gasteiger partial charge in [0.05, 0.1) is 17.3 Å². The lowest BCUT2D eigenvalue weighted by Crippen LogP contribution is -2.22. The normalized spacial score (nSPS) is 20.2. The van der Waals surface area contributed by atoms with Crippen LogP contribution >= 0.6 is 23.2 Å². The van der Waals surface area contributed by atoms with Gasteiger partial charge in [-0.2, -0.15) is 5.10 Å². The van der Waals surface area contributed by atoms with Crippen LogP contribution in [0.1, 0.15) is 43.9 Å². The van der Waals surface area contributed by atoms with Gasteiger partial charge in [0.25, 0.3) is 0 Å². The average Bonchev–Trinajstić information content (AvgIpc) is 3.12. The van der Waals surface area contributed by atoms with Crippen molar-refractivity contribution in [2.75, 3.05) is 12.3 Å². The Hall–Kier alpha value is -2.35. The third-order valence-electron chi connectivity index (χ3n) is 6.17. The van der Waals surface area contributed by atoms with E-state index in [1.165, 1.54) is 25.0 Å². The fraction of sp³-hybridized carbons (Fsp3) is 0.364. The predicted octanol–water partition coefficient (Wildman–Crippen LogP) is 5.18. The molecule has 3 aromatic rings. The molecule has 31 heavy (non-hydrogen) atoms. The Morgan fingerprint density at radius 3 is 2.84 bits per heavy atom. The van der Waals surface area contributed by atoms with Crippen LogP contribution in [0.5, 0.6) is 5.75 Å². The van der Waals surface area contributed by atoms with Gasteiger partial charge in [0.15, 0.2) is 11.6 Å². The van der Waals surface area contributed by atoms with Gasteiger partial charge in [-0.1, -0.05) is 23.2 Å². The zero-order valence-electron chi connectivity index (χ0n) is 16.9. The first-order chi connectivity index (χ1) is 14.8. The summed E-state index contributed by atoms with van der Waals surface area (Å²) in [5.41, 5.74) is 8.49. The number of nitrogens with zero attached hydrogens (tertiary/aromatic N) is 3. The molecule has 6 nitrogen and oxygen atoms in total. The quantitative estimate of drug-likeness (QED) is 0.511. The Morgan fingerprint density at radius 1 is 1.29 bits per heavy atom. The number of aromatic nitrogens is 3. The molecule has 1 aromatic carbocycles. The summed E-state index contributed by atoms with van der Waals surface area (Å²) in [4.78, 5) is 4.27. The number of rotatable bonds is 5. The highest BCUT2D eigenvalue weighted by atomic mass is 35.5. The topological polar surface area (TPSA) is 78.0 Å². The second-order valence-electron chi connectivity index (χ2n) is 8.35. The lowest BCUT2D eigenvalue weighted by Gasteiger charge is -2.19. The molecule has 5 rings (SSSR count). The minimum atomic E-state index is -0.628. The van der Waals surface area contributed by atoms with Gasteiger partial charge in [0.2, 0.25) is 0 Å². The number of nitrogens with two attached hydrogens (primary N) is 1. The number of pyridine rings is 1. The highest BCUT2D eigenvalue weighted by molar-refractivity contribution is 6.36. The maximum absolute atomic E-state index is 13.9. The van der Waals surface area contributed by atoms with Crippen LogP contribution in [-0.2, 0) is 0 Å². The van der Waals surface area contributed by atoms with E-state index in [1.807, 2.05) is 17.1 Å². The molecule has 0 radical (unpaired) electrons. The van der Waals surface area contributed by atoms with Crippen molar-refractivity contribution in [2.45, 2.75) is 43.9 Å². The fourth-order valence-corrected chi connectivity index (χ4v) is 4.89. The molecule has 1 aliphatic carbocycles. The monoisotopic (exact) mass is 461 g/mol. The molecule has 1 unspecified atom stereocenters. The Morgan fingerprint density at radius 2 is 2.10 bits per heavy atom. The number of benzene rings is 1. The second kappa shape index (κ2) is 7.65. The Kier molecular flexibility index (Phi) is 5.07. The Bertz CT molecular complexity index is 1150. The van der Waals surface area contributed by atoms with Crippen LogP contribution in [0.4, 0.5) is 10.2 Å². The van der Waals surface area contributed by atoms with Gasteiger partial charge in [-0.15, -0.1) is 0 Å². The highest BCUT2D eigenvalue weighted by Gasteiger charge is 2.48. The minimum Gasteiger partial charge on any atom is -0.482 e. The molecule has 1 aliphatic heterocycles. The third kappa shape index (κ3) is 3.86. The summed E-state index contributed by atoms with van der Waals surface area (Å²) in [6, 6.07) is 4.83. The standard InChI is InChI=1S/C22H22Cl2FN5O/c1-12(19-16(23)2-3-17(25)20(19)24)31-18-6-13(8-27-21(18)26)14-9-29-30(11-14)15-7-22(4-5-22)28-10-15/h2-3,6,8-9,11-12,15,28H,4-5,7,10H2,1H3,(H2,26,27)/t12-,15?/m1/s1. The lowest BCUT2D eigenvalue weighted by molar-refractivity contribution is 0.227. The zero-order chi connectivity index (χ0) is 21.8. The lowest BCUT2D eigenvalue weighted by atomic mass is 10.1. The molecule has 2 atom stereocenters. The molecule has 2 aromatic heterocycles. The molecule has 2 aliphatic rings. The van der Waals surface area contributed by atoms with Crippen LogP contribution in [0.25, 0.3) is 11.1 Å². The van der Waals surface area contributed by atoms with Crippen molar-refractivity contribution in [1.82, 2.24) is 20.1 Å². The molecule has 3 heterocycles. The summed E-state index contributed by atoms with van der Waals surface area (Å²) in [7, 11) is 0. The number of nitrogen functional groups attached to an aromatic ring is 1. The SMILES string of the molecule is C[C@@H](Oc1cc(-c2cnn(C3CNC4(CC4)C3)c2)cnc1N)c1c(Cl)ccc(F)c1Cl. The summed E-state index contributed by atoms with van der Waals surface area (Å²) < 4.78 is 21.9. The number of halogens is 3. The van der Waals surface area contributed by atoms with Crippen LogP contribution in [-0.4, -0.2) is 26.8 Å². The van der Waals surface area contributed by atoms with Crippen molar-refractivity contribution in [3.8, 4) is 16.9 Å². The van der Waals surface area contributed by atoms with E-state index in [0.29, 0.717) is 27.9 Å². The molecule has 1 saturated heterocycles. The number of nitrogens with one attached hydrogen (secondary N) is 1. The number of ether oxygens (including phenoxy) is 1. The van der Waals surface area contributed by atoms with Crippen LogP contribution in [0.15, 0.2) is 36.8 Å². The maximum atomic E-state index is 13.9. The van der Waals surface area contributed by atoms with Gasteiger partial charge in [-0.25, -0.2) is 9.37 Å². The van der Waals surface area contributed by atoms with Crippen LogP contribution < -0.4 is 15.8 Å². The molecule has 0 bridgehead atoms. The first kappa shape index (κ1) is 20.5. The summed E-state index contributed by atoms with van der Waals surface area (Å²) in [6.45, 7) is 2.67. The molecule has 0 amide bonds. The van der Waals surface area contributed by atoms with E-state index in [-0.39, 0.29) is 10.8 Å². The molecule has 162 valence electrons. The van der Waals surface area contributed by atoms with E-state index in [9.17, 15) is 4.39 Å². The smallest absolute Gasteiger partial charge is 0.166 e. The highest BCUT2D eigenvalue weighted by Crippen LogP contribution is 2.46. The molecular formula is C22H22Cl2FN5O. The van der Waals surface area contributed by atoms with E-state index in [0.717, 1.165) is 24.1 Å². The van der Waals surface area contributed by atoms with Crippen LogP contribution in [0, 0.1) is 5.82 Å². The van der Waals surface area contributed by atoms with E-state index in [4.69, 9.17) is 33.7 Å². The molecule has 1 spiro atoms. The Labute approximate surface area is 189 Å². The van der Waals surface area contributed by atoms with Gasteiger partial charge in [0.1, 0.15) is 11.9 Å². The fourth-order valence-electron chi connectivity index (χ4n) is 4.21. The first-order valence-corrected chi connectivity index (χ1v) is 11.0. The number of hydrogen-bond donors (Lipinski definition) is 2. The summed E-state index contributed by atoms with van der Waals surface area (Å²) in [5.74, 6) is 0.0362.